The smallest absolute Gasteiger partial charge is 0.181 e. The molecule has 4 N–H and O–H groups in total. The molecule has 1 heterocycles. The lowest BCUT2D eigenvalue weighted by atomic mass is 10.1. The Balaban J connectivity index is 1.97. The molecule has 0 spiro atoms. The van der Waals surface area contributed by atoms with Crippen molar-refractivity contribution in [3.63, 3.8) is 0 Å². The molecule has 0 aliphatic carbocycles. The maximum absolute atomic E-state index is 9.28. The van der Waals surface area contributed by atoms with Crippen molar-refractivity contribution in [2.75, 3.05) is 5.73 Å². The first-order chi connectivity index (χ1) is 9.63. The Hall–Kier alpha value is -2.82. The van der Waals surface area contributed by atoms with Crippen LogP contribution in [0.2, 0.25) is 0 Å². The lowest BCUT2D eigenvalue weighted by Crippen LogP contribution is -1.90. The first-order valence-corrected chi connectivity index (χ1v) is 6.22. The van der Waals surface area contributed by atoms with Gasteiger partial charge < -0.3 is 10.8 Å². The fraction of sp³-hybridized carbons (Fsp3) is 0.0667. The third-order valence-corrected chi connectivity index (χ3v) is 3.16. The van der Waals surface area contributed by atoms with Gasteiger partial charge in [-0.2, -0.15) is 5.10 Å². The van der Waals surface area contributed by atoms with E-state index in [0.29, 0.717) is 11.6 Å². The molecular formula is C15H14N4O. The number of aromatic amines is 1. The Morgan fingerprint density at radius 3 is 2.45 bits per heavy atom. The molecule has 100 valence electrons. The molecule has 3 aromatic rings. The SMILES string of the molecule is Cc1ccc(-c2n[nH]c(-c3ccc(O)cc3)n2)cc1N. The Morgan fingerprint density at radius 1 is 1.05 bits per heavy atom. The summed E-state index contributed by atoms with van der Waals surface area (Å²) in [6.07, 6.45) is 0. The summed E-state index contributed by atoms with van der Waals surface area (Å²) in [6.45, 7) is 1.96. The Labute approximate surface area is 116 Å². The Bertz CT molecular complexity index is 747. The van der Waals surface area contributed by atoms with Crippen LogP contribution in [0.4, 0.5) is 5.69 Å². The van der Waals surface area contributed by atoms with E-state index in [1.54, 1.807) is 24.3 Å². The number of aryl methyl sites for hydroxylation is 1. The number of benzene rings is 2. The molecule has 0 aliphatic rings. The van der Waals surface area contributed by atoms with Crippen molar-refractivity contribution in [2.24, 2.45) is 0 Å². The molecule has 0 atom stereocenters. The summed E-state index contributed by atoms with van der Waals surface area (Å²) >= 11 is 0. The molecule has 0 bridgehead atoms. The van der Waals surface area contributed by atoms with Crippen LogP contribution < -0.4 is 5.73 Å². The fourth-order valence-electron chi connectivity index (χ4n) is 1.92. The largest absolute Gasteiger partial charge is 0.508 e. The molecule has 0 saturated heterocycles. The Morgan fingerprint density at radius 2 is 1.75 bits per heavy atom. The van der Waals surface area contributed by atoms with Gasteiger partial charge in [-0.25, -0.2) is 4.98 Å². The number of anilines is 1. The first-order valence-electron chi connectivity index (χ1n) is 6.22. The second kappa shape index (κ2) is 4.70. The quantitative estimate of drug-likeness (QED) is 0.622. The molecule has 0 amide bonds. The number of hydrogen-bond donors (Lipinski definition) is 3. The van der Waals surface area contributed by atoms with Gasteiger partial charge in [-0.15, -0.1) is 0 Å². The van der Waals surface area contributed by atoms with Crippen molar-refractivity contribution >= 4 is 5.69 Å². The number of nitrogens with two attached hydrogens (primary N) is 1. The van der Waals surface area contributed by atoms with Gasteiger partial charge in [-0.1, -0.05) is 12.1 Å². The number of nitrogens with one attached hydrogen (secondary N) is 1. The standard InChI is InChI=1S/C15H14N4O/c1-9-2-3-11(8-13(9)16)15-17-14(18-19-15)10-4-6-12(20)7-5-10/h2-8,20H,16H2,1H3,(H,17,18,19). The normalized spacial score (nSPS) is 10.7. The molecule has 0 fully saturated rings. The minimum absolute atomic E-state index is 0.222. The summed E-state index contributed by atoms with van der Waals surface area (Å²) in [6, 6.07) is 12.5. The summed E-state index contributed by atoms with van der Waals surface area (Å²) < 4.78 is 0. The molecule has 0 radical (unpaired) electrons. The minimum Gasteiger partial charge on any atom is -0.508 e. The molecule has 1 aromatic heterocycles. The van der Waals surface area contributed by atoms with E-state index in [4.69, 9.17) is 5.73 Å². The van der Waals surface area contributed by atoms with Crippen molar-refractivity contribution in [1.82, 2.24) is 15.2 Å². The van der Waals surface area contributed by atoms with Crippen LogP contribution in [0.3, 0.4) is 0 Å². The molecule has 5 nitrogen and oxygen atoms in total. The van der Waals surface area contributed by atoms with Crippen LogP contribution in [0.1, 0.15) is 5.56 Å². The van der Waals surface area contributed by atoms with Crippen molar-refractivity contribution in [3.05, 3.63) is 48.0 Å². The predicted molar refractivity (Wildman–Crippen MR) is 78.1 cm³/mol. The number of phenolic OH excluding ortho intramolecular Hbond substituents is 1. The van der Waals surface area contributed by atoms with E-state index >= 15 is 0 Å². The van der Waals surface area contributed by atoms with Gasteiger partial charge in [0.2, 0.25) is 0 Å². The van der Waals surface area contributed by atoms with Gasteiger partial charge in [0, 0.05) is 16.8 Å². The van der Waals surface area contributed by atoms with Gasteiger partial charge in [0.25, 0.3) is 0 Å². The molecule has 0 unspecified atom stereocenters. The lowest BCUT2D eigenvalue weighted by Gasteiger charge is -2.01. The molecular weight excluding hydrogens is 252 g/mol. The molecule has 0 aliphatic heterocycles. The molecule has 3 rings (SSSR count). The number of aromatic nitrogens is 3. The van der Waals surface area contributed by atoms with Crippen LogP contribution in [0.25, 0.3) is 22.8 Å². The van der Waals surface area contributed by atoms with Gasteiger partial charge in [-0.3, -0.25) is 5.10 Å². The van der Waals surface area contributed by atoms with Crippen LogP contribution >= 0.6 is 0 Å². The van der Waals surface area contributed by atoms with Crippen molar-refractivity contribution < 1.29 is 5.11 Å². The van der Waals surface area contributed by atoms with Gasteiger partial charge in [0.1, 0.15) is 5.75 Å². The average molecular weight is 266 g/mol. The highest BCUT2D eigenvalue weighted by molar-refractivity contribution is 5.66. The van der Waals surface area contributed by atoms with Crippen molar-refractivity contribution in [1.29, 1.82) is 0 Å². The van der Waals surface area contributed by atoms with E-state index in [2.05, 4.69) is 15.2 Å². The maximum Gasteiger partial charge on any atom is 0.181 e. The monoisotopic (exact) mass is 266 g/mol. The number of hydrogen-bond acceptors (Lipinski definition) is 4. The van der Waals surface area contributed by atoms with Gasteiger partial charge in [-0.05, 0) is 42.8 Å². The average Bonchev–Trinajstić information content (AvgIpc) is 2.92. The second-order valence-electron chi connectivity index (χ2n) is 4.63. The summed E-state index contributed by atoms with van der Waals surface area (Å²) in [5, 5.41) is 16.4. The highest BCUT2D eigenvalue weighted by atomic mass is 16.3. The summed E-state index contributed by atoms with van der Waals surface area (Å²) in [4.78, 5) is 4.45. The zero-order chi connectivity index (χ0) is 14.1. The number of rotatable bonds is 2. The van der Waals surface area contributed by atoms with Crippen LogP contribution in [0.15, 0.2) is 42.5 Å². The van der Waals surface area contributed by atoms with Crippen LogP contribution in [0.5, 0.6) is 5.75 Å². The number of phenols is 1. The minimum atomic E-state index is 0.222. The van der Waals surface area contributed by atoms with E-state index in [9.17, 15) is 5.11 Å². The Kier molecular flexibility index (Phi) is 2.87. The summed E-state index contributed by atoms with van der Waals surface area (Å²) in [7, 11) is 0. The zero-order valence-corrected chi connectivity index (χ0v) is 11.0. The van der Waals surface area contributed by atoms with Gasteiger partial charge in [0.15, 0.2) is 11.6 Å². The third-order valence-electron chi connectivity index (χ3n) is 3.16. The maximum atomic E-state index is 9.28. The second-order valence-corrected chi connectivity index (χ2v) is 4.63. The third kappa shape index (κ3) is 2.21. The van der Waals surface area contributed by atoms with Crippen LogP contribution in [0, 0.1) is 6.92 Å². The van der Waals surface area contributed by atoms with Crippen LogP contribution in [-0.2, 0) is 0 Å². The van der Waals surface area contributed by atoms with E-state index in [1.165, 1.54) is 0 Å². The molecule has 20 heavy (non-hydrogen) atoms. The molecule has 5 heteroatoms. The van der Waals surface area contributed by atoms with Crippen LogP contribution in [-0.4, -0.2) is 20.3 Å². The number of nitrogens with zero attached hydrogens (tertiary/aromatic N) is 2. The first kappa shape index (κ1) is 12.2. The fourth-order valence-corrected chi connectivity index (χ4v) is 1.92. The highest BCUT2D eigenvalue weighted by Crippen LogP contribution is 2.24. The van der Waals surface area contributed by atoms with Gasteiger partial charge in [0.05, 0.1) is 0 Å². The van der Waals surface area contributed by atoms with E-state index in [-0.39, 0.29) is 5.75 Å². The van der Waals surface area contributed by atoms with Gasteiger partial charge >= 0.3 is 0 Å². The number of nitrogen functional groups attached to an aromatic ring is 1. The summed E-state index contributed by atoms with van der Waals surface area (Å²) in [5.74, 6) is 1.47. The van der Waals surface area contributed by atoms with E-state index < -0.39 is 0 Å². The molecule has 2 aromatic carbocycles. The van der Waals surface area contributed by atoms with E-state index in [1.807, 2.05) is 25.1 Å². The van der Waals surface area contributed by atoms with E-state index in [0.717, 1.165) is 22.4 Å². The highest BCUT2D eigenvalue weighted by Gasteiger charge is 2.08. The lowest BCUT2D eigenvalue weighted by molar-refractivity contribution is 0.475. The van der Waals surface area contributed by atoms with Crippen molar-refractivity contribution in [2.45, 2.75) is 6.92 Å². The number of aromatic hydroxyl groups is 1. The number of H-pyrrole nitrogens is 1. The summed E-state index contributed by atoms with van der Waals surface area (Å²) in [5.41, 5.74) is 9.38. The zero-order valence-electron chi connectivity index (χ0n) is 11.0. The molecule has 0 saturated carbocycles. The topological polar surface area (TPSA) is 87.8 Å². The van der Waals surface area contributed by atoms with Crippen molar-refractivity contribution in [3.8, 4) is 28.5 Å². The predicted octanol–water partition coefficient (Wildman–Crippen LogP) is 2.73.